The predicted octanol–water partition coefficient (Wildman–Crippen LogP) is 2.41. The third-order valence-corrected chi connectivity index (χ3v) is 4.45. The van der Waals surface area contributed by atoms with Crippen molar-refractivity contribution in [1.29, 1.82) is 0 Å². The maximum atomic E-state index is 12.1. The number of thioether (sulfide) groups is 1. The van der Waals surface area contributed by atoms with Crippen molar-refractivity contribution in [2.24, 2.45) is 5.92 Å². The highest BCUT2D eigenvalue weighted by Crippen LogP contribution is 2.21. The quantitative estimate of drug-likeness (QED) is 0.758. The Kier molecular flexibility index (Phi) is 7.80. The SMILES string of the molecule is CCCC1CCN(C(=O)N[C@@H](CCSC)C(=O)O)CC1. The van der Waals surface area contributed by atoms with Crippen LogP contribution in [0.3, 0.4) is 0 Å². The number of aliphatic carboxylic acids is 1. The first-order valence-electron chi connectivity index (χ1n) is 7.35. The number of amides is 2. The summed E-state index contributed by atoms with van der Waals surface area (Å²) in [5.41, 5.74) is 0. The lowest BCUT2D eigenvalue weighted by Gasteiger charge is -2.32. The Labute approximate surface area is 125 Å². The maximum Gasteiger partial charge on any atom is 0.326 e. The Hall–Kier alpha value is -0.910. The summed E-state index contributed by atoms with van der Waals surface area (Å²) in [6, 6.07) is -1.00. The van der Waals surface area contributed by atoms with Crippen molar-refractivity contribution in [3.05, 3.63) is 0 Å². The van der Waals surface area contributed by atoms with Crippen LogP contribution in [0.4, 0.5) is 4.79 Å². The lowest BCUT2D eigenvalue weighted by atomic mass is 9.93. The number of likely N-dealkylation sites (tertiary alicyclic amines) is 1. The van der Waals surface area contributed by atoms with Gasteiger partial charge in [-0.05, 0) is 37.2 Å². The van der Waals surface area contributed by atoms with E-state index in [2.05, 4.69) is 12.2 Å². The highest BCUT2D eigenvalue weighted by molar-refractivity contribution is 7.98. The molecule has 0 radical (unpaired) electrons. The Morgan fingerprint density at radius 3 is 2.55 bits per heavy atom. The molecule has 2 N–H and O–H groups in total. The number of hydrogen-bond acceptors (Lipinski definition) is 3. The number of rotatable bonds is 7. The van der Waals surface area contributed by atoms with Crippen molar-refractivity contribution in [2.45, 2.75) is 45.1 Å². The standard InChI is InChI=1S/C14H26N2O3S/c1-3-4-11-5-8-16(9-6-11)14(19)15-12(13(17)18)7-10-20-2/h11-12H,3-10H2,1-2H3,(H,15,19)(H,17,18)/t12-/m0/s1. The number of piperidine rings is 1. The second-order valence-corrected chi connectivity index (χ2v) is 6.33. The van der Waals surface area contributed by atoms with E-state index >= 15 is 0 Å². The molecule has 5 nitrogen and oxygen atoms in total. The van der Waals surface area contributed by atoms with Gasteiger partial charge in [0.2, 0.25) is 0 Å². The fourth-order valence-corrected chi connectivity index (χ4v) is 3.04. The minimum atomic E-state index is -0.951. The van der Waals surface area contributed by atoms with Crippen molar-refractivity contribution < 1.29 is 14.7 Å². The zero-order valence-corrected chi connectivity index (χ0v) is 13.2. The number of nitrogens with one attached hydrogen (secondary N) is 1. The van der Waals surface area contributed by atoms with E-state index in [-0.39, 0.29) is 6.03 Å². The fraction of sp³-hybridized carbons (Fsp3) is 0.857. The van der Waals surface area contributed by atoms with E-state index < -0.39 is 12.0 Å². The fourth-order valence-electron chi connectivity index (χ4n) is 2.57. The molecule has 6 heteroatoms. The molecule has 0 saturated carbocycles. The Morgan fingerprint density at radius 2 is 2.05 bits per heavy atom. The van der Waals surface area contributed by atoms with E-state index in [1.54, 1.807) is 16.7 Å². The minimum Gasteiger partial charge on any atom is -0.480 e. The van der Waals surface area contributed by atoms with E-state index in [9.17, 15) is 9.59 Å². The molecule has 20 heavy (non-hydrogen) atoms. The smallest absolute Gasteiger partial charge is 0.326 e. The summed E-state index contributed by atoms with van der Waals surface area (Å²) in [4.78, 5) is 25.0. The van der Waals surface area contributed by atoms with Gasteiger partial charge in [-0.1, -0.05) is 19.8 Å². The van der Waals surface area contributed by atoms with Crippen LogP contribution < -0.4 is 5.32 Å². The molecule has 0 aromatic carbocycles. The topological polar surface area (TPSA) is 69.6 Å². The van der Waals surface area contributed by atoms with E-state index in [1.807, 2.05) is 6.26 Å². The van der Waals surface area contributed by atoms with Crippen molar-refractivity contribution in [3.8, 4) is 0 Å². The van der Waals surface area contributed by atoms with Crippen LogP contribution in [0.2, 0.25) is 0 Å². The van der Waals surface area contributed by atoms with E-state index in [4.69, 9.17) is 5.11 Å². The number of carbonyl (C=O) groups is 2. The predicted molar refractivity (Wildman–Crippen MR) is 82.2 cm³/mol. The van der Waals surface area contributed by atoms with Gasteiger partial charge in [-0.15, -0.1) is 0 Å². The lowest BCUT2D eigenvalue weighted by Crippen LogP contribution is -2.50. The van der Waals surface area contributed by atoms with Gasteiger partial charge in [0.1, 0.15) is 6.04 Å². The number of carbonyl (C=O) groups excluding carboxylic acids is 1. The van der Waals surface area contributed by atoms with Gasteiger partial charge in [0, 0.05) is 13.1 Å². The molecule has 1 atom stereocenters. The number of carboxylic acid groups (broad SMARTS) is 1. The van der Waals surface area contributed by atoms with Crippen LogP contribution >= 0.6 is 11.8 Å². The normalized spacial score (nSPS) is 17.8. The maximum absolute atomic E-state index is 12.1. The van der Waals surface area contributed by atoms with Crippen LogP contribution in [-0.4, -0.2) is 53.1 Å². The molecule has 1 aliphatic heterocycles. The second-order valence-electron chi connectivity index (χ2n) is 5.34. The summed E-state index contributed by atoms with van der Waals surface area (Å²) >= 11 is 1.59. The molecule has 0 aliphatic carbocycles. The summed E-state index contributed by atoms with van der Waals surface area (Å²) in [7, 11) is 0. The number of nitrogens with zero attached hydrogens (tertiary/aromatic N) is 1. The molecule has 0 bridgehead atoms. The zero-order valence-electron chi connectivity index (χ0n) is 12.4. The molecule has 1 fully saturated rings. The molecule has 0 spiro atoms. The van der Waals surface area contributed by atoms with Gasteiger partial charge in [-0.25, -0.2) is 9.59 Å². The van der Waals surface area contributed by atoms with Crippen LogP contribution in [0, 0.1) is 5.92 Å². The summed E-state index contributed by atoms with van der Waals surface area (Å²) in [6.07, 6.45) is 6.87. The van der Waals surface area contributed by atoms with Crippen molar-refractivity contribution >= 4 is 23.8 Å². The van der Waals surface area contributed by atoms with Crippen LogP contribution in [0.1, 0.15) is 39.0 Å². The lowest BCUT2D eigenvalue weighted by molar-refractivity contribution is -0.139. The van der Waals surface area contributed by atoms with Gasteiger partial charge >= 0.3 is 12.0 Å². The summed E-state index contributed by atoms with van der Waals surface area (Å²) < 4.78 is 0. The van der Waals surface area contributed by atoms with Crippen molar-refractivity contribution in [1.82, 2.24) is 10.2 Å². The highest BCUT2D eigenvalue weighted by Gasteiger charge is 2.26. The summed E-state index contributed by atoms with van der Waals surface area (Å²) in [5, 5.41) is 11.8. The molecule has 1 rings (SSSR count). The van der Waals surface area contributed by atoms with Crippen LogP contribution in [-0.2, 0) is 4.79 Å². The molecule has 0 unspecified atom stereocenters. The van der Waals surface area contributed by atoms with E-state index in [1.165, 1.54) is 12.8 Å². The van der Waals surface area contributed by atoms with Gasteiger partial charge in [0.25, 0.3) is 0 Å². The van der Waals surface area contributed by atoms with Gasteiger partial charge in [-0.2, -0.15) is 11.8 Å². The molecule has 116 valence electrons. The Bertz CT molecular complexity index is 318. The van der Waals surface area contributed by atoms with Crippen LogP contribution in [0.5, 0.6) is 0 Å². The number of carboxylic acids is 1. The molecule has 0 aromatic heterocycles. The zero-order chi connectivity index (χ0) is 15.0. The van der Waals surface area contributed by atoms with Gasteiger partial charge in [0.15, 0.2) is 0 Å². The van der Waals surface area contributed by atoms with Crippen LogP contribution in [0.25, 0.3) is 0 Å². The Morgan fingerprint density at radius 1 is 1.40 bits per heavy atom. The van der Waals surface area contributed by atoms with Crippen LogP contribution in [0.15, 0.2) is 0 Å². The first kappa shape index (κ1) is 17.1. The molecule has 1 saturated heterocycles. The highest BCUT2D eigenvalue weighted by atomic mass is 32.2. The molecular formula is C14H26N2O3S. The van der Waals surface area contributed by atoms with Gasteiger partial charge in [-0.3, -0.25) is 0 Å². The second kappa shape index (κ2) is 9.10. The van der Waals surface area contributed by atoms with E-state index in [0.29, 0.717) is 6.42 Å². The summed E-state index contributed by atoms with van der Waals surface area (Å²) in [5.74, 6) is 0.500. The average molecular weight is 302 g/mol. The molecule has 1 aliphatic rings. The molecule has 0 aromatic rings. The summed E-state index contributed by atoms with van der Waals surface area (Å²) in [6.45, 7) is 3.67. The number of urea groups is 1. The third-order valence-electron chi connectivity index (χ3n) is 3.81. The first-order valence-corrected chi connectivity index (χ1v) is 8.75. The monoisotopic (exact) mass is 302 g/mol. The number of hydrogen-bond donors (Lipinski definition) is 2. The minimum absolute atomic E-state index is 0.228. The van der Waals surface area contributed by atoms with Gasteiger partial charge < -0.3 is 15.3 Å². The average Bonchev–Trinajstić information content (AvgIpc) is 2.44. The largest absolute Gasteiger partial charge is 0.480 e. The Balaban J connectivity index is 2.39. The van der Waals surface area contributed by atoms with E-state index in [0.717, 1.165) is 37.6 Å². The van der Waals surface area contributed by atoms with Crippen molar-refractivity contribution in [3.63, 3.8) is 0 Å². The first-order chi connectivity index (χ1) is 9.58. The molecule has 2 amide bonds. The molecule has 1 heterocycles. The van der Waals surface area contributed by atoms with Crippen molar-refractivity contribution in [2.75, 3.05) is 25.1 Å². The molecular weight excluding hydrogens is 276 g/mol. The third kappa shape index (κ3) is 5.61. The van der Waals surface area contributed by atoms with Gasteiger partial charge in [0.05, 0.1) is 0 Å².